The van der Waals surface area contributed by atoms with E-state index in [1.165, 1.54) is 23.6 Å². The van der Waals surface area contributed by atoms with Crippen LogP contribution in [0, 0.1) is 0 Å². The molecule has 10 unspecified atom stereocenters. The number of hydrogen-bond acceptors (Lipinski definition) is 27. The van der Waals surface area contributed by atoms with Crippen LogP contribution in [-0.4, -0.2) is 278 Å². The van der Waals surface area contributed by atoms with E-state index >= 15 is 0 Å². The third-order valence-corrected chi connectivity index (χ3v) is 19.3. The van der Waals surface area contributed by atoms with Gasteiger partial charge in [0.25, 0.3) is 0 Å². The first-order valence-electron chi connectivity index (χ1n) is 34.2. The summed E-state index contributed by atoms with van der Waals surface area (Å²) in [5.41, 5.74) is 5.56. The highest BCUT2D eigenvalue weighted by Crippen LogP contribution is 2.48. The van der Waals surface area contributed by atoms with E-state index in [0.29, 0.717) is 103 Å². The minimum Gasteiger partial charge on any atom is -0.394 e. The van der Waals surface area contributed by atoms with E-state index in [2.05, 4.69) is 48.4 Å². The maximum Gasteiger partial charge on any atom is 0.472 e. The normalized spacial score (nSPS) is 27.0. The molecule has 99 heavy (non-hydrogen) atoms. The SMILES string of the molecule is CC(=O)N[C@@H]1C(OCCCCC(=O)NCCCC[C@H](NC(=O)CCCCOC2OC(CO)[C@H](O)[C@H](O)[C@@H]2NC(C)=O)C(=O)NCCCCCC(=O)NCCCCCC(=O)N2CC(O)CC2COP(=O)(O)OC2CC(COP(O)(=S)OO)N(C(=O)CCCCCN)C2)OC(CO)[C@H](O)[C@@H]1O. The van der Waals surface area contributed by atoms with Gasteiger partial charge >= 0.3 is 14.5 Å². The third-order valence-electron chi connectivity index (χ3n) is 17.1. The molecule has 0 aliphatic carbocycles. The lowest BCUT2D eigenvalue weighted by Crippen LogP contribution is -2.64. The van der Waals surface area contributed by atoms with E-state index in [9.17, 15) is 88.5 Å². The lowest BCUT2D eigenvalue weighted by molar-refractivity contribution is -0.270. The smallest absolute Gasteiger partial charge is 0.394 e. The van der Waals surface area contributed by atoms with Gasteiger partial charge in [-0.2, -0.15) is 4.67 Å². The molecule has 0 radical (unpaired) electrons. The van der Waals surface area contributed by atoms with E-state index < -0.39 is 150 Å². The molecule has 0 spiro atoms. The predicted octanol–water partition coefficient (Wildman–Crippen LogP) is -2.32. The number of nitrogens with two attached hydrogens (primary N) is 1. The lowest BCUT2D eigenvalue weighted by Gasteiger charge is -2.42. The first kappa shape index (κ1) is 87.3. The van der Waals surface area contributed by atoms with Crippen LogP contribution in [-0.2, 0) is 91.9 Å². The molecule has 17 atom stereocenters. The number of carbonyl (C=O) groups excluding carboxylic acids is 8. The first-order valence-corrected chi connectivity index (χ1v) is 38.3. The molecule has 18 N–H and O–H groups in total. The molecule has 0 bridgehead atoms. The maximum absolute atomic E-state index is 13.5. The maximum atomic E-state index is 13.5. The van der Waals surface area contributed by atoms with Crippen molar-refractivity contribution < 1.29 is 131 Å². The number of likely N-dealkylation sites (tertiary alicyclic amines) is 2. The van der Waals surface area contributed by atoms with Gasteiger partial charge in [-0.25, -0.2) is 9.82 Å². The second-order valence-corrected chi connectivity index (χ2v) is 29.4. The third kappa shape index (κ3) is 32.6. The van der Waals surface area contributed by atoms with Crippen LogP contribution in [0.1, 0.15) is 162 Å². The molecule has 4 fully saturated rings. The van der Waals surface area contributed by atoms with Crippen molar-refractivity contribution in [2.45, 2.75) is 253 Å². The largest absolute Gasteiger partial charge is 0.472 e. The molecule has 0 saturated carbocycles. The standard InChI is InChI=1S/C60H109N9O27P2S/c1-38(72)65-52-56(82)54(80)45(34-70)93-59(52)89-28-16-10-20-48(76)63-26-15-9-18-44(67-49(77)21-11-17-29-90-60-53(66-39(2)73)57(83)55(81)46(35-71)94-60)58(84)64-27-14-4-6-19-47(75)62-25-13-5-8-23-50(78)68-32-42(74)30-40(68)36-91-97(86,87)95-43-31-41(37-92-98(88,99)96-85)69(33-43)51(79)22-7-3-12-24-61/h40-46,52-57,59-60,70-71,74,80-83,85H,3-37,61H2,1-2H3,(H,62,75)(H,63,76)(H,64,84)(H,65,72)(H,66,73)(H,67,77)(H,86,87)(H,88,99)/t40?,41?,42?,43?,44-,45?,46?,52-,53-,54-,55-,56+,57+,59?,60?,98?/m0/s1. The number of carbonyl (C=O) groups is 8. The van der Waals surface area contributed by atoms with Crippen molar-refractivity contribution in [2.75, 3.05) is 78.9 Å². The average Bonchev–Trinajstić information content (AvgIpc) is 1.50. The summed E-state index contributed by atoms with van der Waals surface area (Å²) in [6.07, 6.45) is -4.03. The van der Waals surface area contributed by atoms with Crippen LogP contribution in [0.4, 0.5) is 0 Å². The van der Waals surface area contributed by atoms with Crippen molar-refractivity contribution in [3.8, 4) is 0 Å². The number of nitrogens with zero attached hydrogens (tertiary/aromatic N) is 2. The van der Waals surface area contributed by atoms with Crippen LogP contribution in [0.15, 0.2) is 0 Å². The fourth-order valence-corrected chi connectivity index (χ4v) is 13.3. The Labute approximate surface area is 581 Å². The molecule has 4 saturated heterocycles. The van der Waals surface area contributed by atoms with Gasteiger partial charge in [0.1, 0.15) is 54.7 Å². The Morgan fingerprint density at radius 1 is 0.576 bits per heavy atom. The summed E-state index contributed by atoms with van der Waals surface area (Å²) < 4.78 is 55.6. The Morgan fingerprint density at radius 3 is 1.54 bits per heavy atom. The van der Waals surface area contributed by atoms with Crippen molar-refractivity contribution >= 4 is 73.6 Å². The monoisotopic (exact) mass is 1480 g/mol. The van der Waals surface area contributed by atoms with Crippen molar-refractivity contribution in [2.24, 2.45) is 5.73 Å². The van der Waals surface area contributed by atoms with E-state index in [1.807, 2.05) is 0 Å². The molecule has 4 heterocycles. The zero-order valence-electron chi connectivity index (χ0n) is 56.6. The van der Waals surface area contributed by atoms with Gasteiger partial charge in [-0.3, -0.25) is 47.4 Å². The van der Waals surface area contributed by atoms with Crippen LogP contribution in [0.5, 0.6) is 0 Å². The van der Waals surface area contributed by atoms with Gasteiger partial charge in [-0.15, -0.1) is 0 Å². The fraction of sp³-hybridized carbons (Fsp3) is 0.867. The Balaban J connectivity index is 1.14. The number of phosphoric acid groups is 1. The Hall–Kier alpha value is -4.12. The topological polar surface area (TPSA) is 534 Å². The average molecular weight is 1480 g/mol. The molecular weight excluding hydrogens is 1370 g/mol. The number of amides is 8. The van der Waals surface area contributed by atoms with Gasteiger partial charge in [0.05, 0.1) is 50.7 Å². The van der Waals surface area contributed by atoms with Gasteiger partial charge in [-0.05, 0) is 115 Å². The number of unbranched alkanes of at least 4 members (excludes halogenated alkanes) is 9. The number of aliphatic hydroxyl groups is 7. The molecule has 0 aromatic heterocycles. The van der Waals surface area contributed by atoms with Crippen molar-refractivity contribution in [3.63, 3.8) is 0 Å². The van der Waals surface area contributed by atoms with Crippen LogP contribution >= 0.6 is 14.5 Å². The van der Waals surface area contributed by atoms with Crippen LogP contribution in [0.25, 0.3) is 0 Å². The Morgan fingerprint density at radius 2 is 1.03 bits per heavy atom. The fourth-order valence-electron chi connectivity index (χ4n) is 11.8. The zero-order valence-corrected chi connectivity index (χ0v) is 59.2. The van der Waals surface area contributed by atoms with Gasteiger partial charge in [0.15, 0.2) is 12.6 Å². The number of hydrogen-bond donors (Lipinski definition) is 17. The number of β-amino-alcohol motifs (C(OH)–C–C–N with tert-alkyl or cyclic N) is 1. The van der Waals surface area contributed by atoms with Crippen molar-refractivity contribution in [3.05, 3.63) is 0 Å². The van der Waals surface area contributed by atoms with E-state index in [0.717, 1.165) is 6.42 Å². The highest BCUT2D eigenvalue weighted by molar-refractivity contribution is 8.07. The molecule has 4 aliphatic heterocycles. The predicted molar refractivity (Wildman–Crippen MR) is 353 cm³/mol. The number of rotatable bonds is 49. The highest BCUT2D eigenvalue weighted by Gasteiger charge is 2.47. The summed E-state index contributed by atoms with van der Waals surface area (Å²) in [5.74, 6) is -2.89. The number of phosphoric ester groups is 1. The van der Waals surface area contributed by atoms with Crippen molar-refractivity contribution in [1.29, 1.82) is 0 Å². The van der Waals surface area contributed by atoms with E-state index in [4.69, 9.17) is 43.5 Å². The number of nitrogens with one attached hydrogen (secondary N) is 6. The van der Waals surface area contributed by atoms with Crippen molar-refractivity contribution in [1.82, 2.24) is 41.7 Å². The molecule has 8 amide bonds. The van der Waals surface area contributed by atoms with Gasteiger partial charge < -0.3 is 116 Å². The van der Waals surface area contributed by atoms with Gasteiger partial charge in [0, 0.05) is 91.9 Å². The quantitative estimate of drug-likeness (QED) is 0.0132. The molecule has 36 nitrogen and oxygen atoms in total. The minimum atomic E-state index is -4.79. The molecule has 572 valence electrons. The van der Waals surface area contributed by atoms with Gasteiger partial charge in [0.2, 0.25) is 47.3 Å². The summed E-state index contributed by atoms with van der Waals surface area (Å²) in [5, 5.41) is 96.4. The van der Waals surface area contributed by atoms with Crippen LogP contribution in [0.2, 0.25) is 0 Å². The lowest BCUT2D eigenvalue weighted by atomic mass is 9.97. The first-order chi connectivity index (χ1) is 47.1. The molecule has 0 aromatic carbocycles. The summed E-state index contributed by atoms with van der Waals surface area (Å²) in [6, 6.07) is -4.66. The number of ether oxygens (including phenoxy) is 4. The summed E-state index contributed by atoms with van der Waals surface area (Å²) >= 11 is 4.69. The van der Waals surface area contributed by atoms with E-state index in [1.54, 1.807) is 0 Å². The molecule has 4 aliphatic rings. The zero-order chi connectivity index (χ0) is 73.1. The van der Waals surface area contributed by atoms with E-state index in [-0.39, 0.29) is 121 Å². The molecular formula is C60H109N9O27P2S. The van der Waals surface area contributed by atoms with Crippen LogP contribution < -0.4 is 37.6 Å². The second kappa shape index (κ2) is 46.6. The molecule has 4 rings (SSSR count). The summed E-state index contributed by atoms with van der Waals surface area (Å²) in [7, 11) is -4.79. The van der Waals surface area contributed by atoms with Gasteiger partial charge in [-0.1, -0.05) is 19.3 Å². The summed E-state index contributed by atoms with van der Waals surface area (Å²) in [4.78, 5) is 126. The number of aliphatic hydroxyl groups excluding tert-OH is 7. The molecule has 39 heteroatoms. The Bertz CT molecular complexity index is 2580. The minimum absolute atomic E-state index is 0.00279. The molecule has 0 aromatic rings. The second-order valence-electron chi connectivity index (χ2n) is 25.2. The van der Waals surface area contributed by atoms with Crippen LogP contribution in [0.3, 0.4) is 0 Å². The summed E-state index contributed by atoms with van der Waals surface area (Å²) in [6.45, 7) is -2.27. The highest BCUT2D eigenvalue weighted by atomic mass is 32.5. The Kier molecular flexibility index (Phi) is 41.1.